The van der Waals surface area contributed by atoms with Crippen molar-refractivity contribution < 1.29 is 22.0 Å². The van der Waals surface area contributed by atoms with Gasteiger partial charge in [0, 0.05) is 5.56 Å². The van der Waals surface area contributed by atoms with Gasteiger partial charge in [-0.05, 0) is 0 Å². The first-order chi connectivity index (χ1) is 5.52. The zero-order valence-electron chi connectivity index (χ0n) is 8.24. The SMILES string of the molecule is C[N+](C)(C)C(O)c1ccccc1.[Cl-]. The van der Waals surface area contributed by atoms with Crippen molar-refractivity contribution in [1.29, 1.82) is 0 Å². The maximum absolute atomic E-state index is 9.83. The molecule has 1 rings (SSSR count). The van der Waals surface area contributed by atoms with Crippen LogP contribution in [0, 0.1) is 0 Å². The lowest BCUT2D eigenvalue weighted by molar-refractivity contribution is -0.925. The van der Waals surface area contributed by atoms with Gasteiger partial charge in [-0.2, -0.15) is 0 Å². The smallest absolute Gasteiger partial charge is 0.216 e. The highest BCUT2D eigenvalue weighted by Gasteiger charge is 2.21. The lowest BCUT2D eigenvalue weighted by Crippen LogP contribution is -3.00. The maximum Gasteiger partial charge on any atom is 0.216 e. The molecule has 0 saturated carbocycles. The Hall–Kier alpha value is -0.570. The monoisotopic (exact) mass is 201 g/mol. The minimum Gasteiger partial charge on any atom is -1.00 e. The van der Waals surface area contributed by atoms with Crippen molar-refractivity contribution in [2.24, 2.45) is 0 Å². The van der Waals surface area contributed by atoms with Gasteiger partial charge in [0.1, 0.15) is 0 Å². The van der Waals surface area contributed by atoms with E-state index in [4.69, 9.17) is 0 Å². The van der Waals surface area contributed by atoms with E-state index in [-0.39, 0.29) is 12.4 Å². The molecule has 1 atom stereocenters. The van der Waals surface area contributed by atoms with Crippen LogP contribution < -0.4 is 12.4 Å². The average Bonchev–Trinajstić information content (AvgIpc) is 2.03. The predicted molar refractivity (Wildman–Crippen MR) is 49.4 cm³/mol. The Bertz CT molecular complexity index is 243. The second-order valence-corrected chi connectivity index (χ2v) is 3.90. The van der Waals surface area contributed by atoms with E-state index in [1.807, 2.05) is 51.5 Å². The van der Waals surface area contributed by atoms with Crippen molar-refractivity contribution in [1.82, 2.24) is 0 Å². The van der Waals surface area contributed by atoms with Gasteiger partial charge in [-0.3, -0.25) is 0 Å². The van der Waals surface area contributed by atoms with Gasteiger partial charge < -0.3 is 22.0 Å². The second kappa shape index (κ2) is 4.61. The van der Waals surface area contributed by atoms with Gasteiger partial charge >= 0.3 is 0 Å². The Morgan fingerprint density at radius 2 is 1.54 bits per heavy atom. The number of halogens is 1. The molecule has 0 spiro atoms. The number of quaternary nitrogens is 1. The van der Waals surface area contributed by atoms with E-state index in [9.17, 15) is 5.11 Å². The summed E-state index contributed by atoms with van der Waals surface area (Å²) < 4.78 is 0.532. The number of hydrogen-bond acceptors (Lipinski definition) is 1. The Labute approximate surface area is 85.8 Å². The lowest BCUT2D eigenvalue weighted by atomic mass is 10.2. The quantitative estimate of drug-likeness (QED) is 0.451. The Balaban J connectivity index is 0.00000144. The maximum atomic E-state index is 9.83. The molecule has 3 heteroatoms. The highest BCUT2D eigenvalue weighted by atomic mass is 35.5. The molecule has 74 valence electrons. The number of hydrogen-bond donors (Lipinski definition) is 1. The molecule has 13 heavy (non-hydrogen) atoms. The molecular formula is C10H16ClNO. The molecule has 0 aromatic heterocycles. The molecule has 0 bridgehead atoms. The Kier molecular flexibility index (Phi) is 4.40. The van der Waals surface area contributed by atoms with Crippen LogP contribution in [0.4, 0.5) is 0 Å². The summed E-state index contributed by atoms with van der Waals surface area (Å²) in [6.45, 7) is 0. The van der Waals surface area contributed by atoms with Crippen LogP contribution in [0.15, 0.2) is 30.3 Å². The van der Waals surface area contributed by atoms with Crippen LogP contribution >= 0.6 is 0 Å². The van der Waals surface area contributed by atoms with E-state index in [1.165, 1.54) is 0 Å². The molecule has 1 aromatic carbocycles. The fourth-order valence-corrected chi connectivity index (χ4v) is 1.07. The molecule has 0 heterocycles. The Morgan fingerprint density at radius 3 is 1.92 bits per heavy atom. The summed E-state index contributed by atoms with van der Waals surface area (Å²) in [6.07, 6.45) is -0.439. The third-order valence-electron chi connectivity index (χ3n) is 1.83. The van der Waals surface area contributed by atoms with Crippen LogP contribution in [0.1, 0.15) is 11.8 Å². The average molecular weight is 202 g/mol. The molecule has 0 radical (unpaired) electrons. The standard InChI is InChI=1S/C10H16NO.ClH/c1-11(2,3)10(12)9-7-5-4-6-8-9;/h4-8,10,12H,1-3H3;1H/q+1;/p-1. The molecule has 0 aliphatic heterocycles. The Morgan fingerprint density at radius 1 is 1.08 bits per heavy atom. The van der Waals surface area contributed by atoms with Crippen molar-refractivity contribution in [3.8, 4) is 0 Å². The molecule has 0 aliphatic carbocycles. The molecule has 0 aliphatic rings. The first kappa shape index (κ1) is 12.4. The third-order valence-corrected chi connectivity index (χ3v) is 1.83. The van der Waals surface area contributed by atoms with Gasteiger partial charge in [-0.1, -0.05) is 30.3 Å². The van der Waals surface area contributed by atoms with Gasteiger partial charge in [0.25, 0.3) is 0 Å². The molecular weight excluding hydrogens is 186 g/mol. The molecule has 0 amide bonds. The minimum absolute atomic E-state index is 0. The fourth-order valence-electron chi connectivity index (χ4n) is 1.07. The van der Waals surface area contributed by atoms with Crippen LogP contribution in [-0.2, 0) is 0 Å². The van der Waals surface area contributed by atoms with E-state index in [2.05, 4.69) is 0 Å². The van der Waals surface area contributed by atoms with E-state index < -0.39 is 6.23 Å². The molecule has 1 aromatic rings. The summed E-state index contributed by atoms with van der Waals surface area (Å²) in [6, 6.07) is 9.70. The summed E-state index contributed by atoms with van der Waals surface area (Å²) in [5, 5.41) is 9.83. The summed E-state index contributed by atoms with van der Waals surface area (Å²) >= 11 is 0. The molecule has 0 saturated heterocycles. The fraction of sp³-hybridized carbons (Fsp3) is 0.400. The van der Waals surface area contributed by atoms with Crippen molar-refractivity contribution in [3.05, 3.63) is 35.9 Å². The van der Waals surface area contributed by atoms with Crippen LogP contribution in [-0.4, -0.2) is 30.7 Å². The molecule has 0 fully saturated rings. The van der Waals surface area contributed by atoms with Crippen molar-refractivity contribution in [2.75, 3.05) is 21.1 Å². The zero-order chi connectivity index (χ0) is 9.19. The van der Waals surface area contributed by atoms with Crippen molar-refractivity contribution >= 4 is 0 Å². The van der Waals surface area contributed by atoms with Crippen molar-refractivity contribution in [3.63, 3.8) is 0 Å². The third kappa shape index (κ3) is 3.35. The number of benzene rings is 1. The first-order valence-electron chi connectivity index (χ1n) is 4.06. The highest BCUT2D eigenvalue weighted by Crippen LogP contribution is 2.18. The van der Waals surface area contributed by atoms with Gasteiger partial charge in [-0.15, -0.1) is 0 Å². The van der Waals surface area contributed by atoms with Crippen LogP contribution in [0.2, 0.25) is 0 Å². The summed E-state index contributed by atoms with van der Waals surface area (Å²) in [4.78, 5) is 0. The predicted octanol–water partition coefficient (Wildman–Crippen LogP) is -1.61. The number of aliphatic hydroxyl groups is 1. The molecule has 1 unspecified atom stereocenters. The molecule has 1 N–H and O–H groups in total. The van der Waals surface area contributed by atoms with Crippen LogP contribution in [0.3, 0.4) is 0 Å². The molecule has 2 nitrogen and oxygen atoms in total. The highest BCUT2D eigenvalue weighted by molar-refractivity contribution is 5.15. The first-order valence-corrected chi connectivity index (χ1v) is 4.06. The van der Waals surface area contributed by atoms with Gasteiger partial charge in [0.15, 0.2) is 0 Å². The lowest BCUT2D eigenvalue weighted by Gasteiger charge is -2.29. The van der Waals surface area contributed by atoms with E-state index >= 15 is 0 Å². The van der Waals surface area contributed by atoms with E-state index in [1.54, 1.807) is 0 Å². The minimum atomic E-state index is -0.439. The number of aliphatic hydroxyl groups excluding tert-OH is 1. The van der Waals surface area contributed by atoms with Crippen LogP contribution in [0.25, 0.3) is 0 Å². The number of nitrogens with zero attached hydrogens (tertiary/aromatic N) is 1. The summed E-state index contributed by atoms with van der Waals surface area (Å²) in [5.41, 5.74) is 0.963. The zero-order valence-corrected chi connectivity index (χ0v) is 8.99. The topological polar surface area (TPSA) is 20.2 Å². The summed E-state index contributed by atoms with van der Waals surface area (Å²) in [7, 11) is 5.91. The van der Waals surface area contributed by atoms with Crippen molar-refractivity contribution in [2.45, 2.75) is 6.23 Å². The largest absolute Gasteiger partial charge is 1.00 e. The second-order valence-electron chi connectivity index (χ2n) is 3.90. The van der Waals surface area contributed by atoms with E-state index in [0.29, 0.717) is 4.48 Å². The number of rotatable bonds is 2. The van der Waals surface area contributed by atoms with Crippen LogP contribution in [0.5, 0.6) is 0 Å². The normalized spacial score (nSPS) is 13.2. The van der Waals surface area contributed by atoms with Gasteiger partial charge in [-0.25, -0.2) is 0 Å². The summed E-state index contributed by atoms with van der Waals surface area (Å²) in [5.74, 6) is 0. The van der Waals surface area contributed by atoms with E-state index in [0.717, 1.165) is 5.56 Å². The van der Waals surface area contributed by atoms with Gasteiger partial charge in [0.2, 0.25) is 6.23 Å². The van der Waals surface area contributed by atoms with Gasteiger partial charge in [0.05, 0.1) is 21.1 Å².